The number of halogens is 1. The lowest BCUT2D eigenvalue weighted by molar-refractivity contribution is 1.10. The lowest BCUT2D eigenvalue weighted by Crippen LogP contribution is -1.81. The summed E-state index contributed by atoms with van der Waals surface area (Å²) in [5.41, 5.74) is 9.70. The van der Waals surface area contributed by atoms with Gasteiger partial charge in [0.15, 0.2) is 0 Å². The monoisotopic (exact) mass is 246 g/mol. The highest BCUT2D eigenvalue weighted by Gasteiger charge is 2.12. The molecule has 17 heavy (non-hydrogen) atoms. The summed E-state index contributed by atoms with van der Waals surface area (Å²) in [4.78, 5) is 3.31. The van der Waals surface area contributed by atoms with Crippen LogP contribution < -0.4 is 5.73 Å². The summed E-state index contributed by atoms with van der Waals surface area (Å²) >= 11 is 6.03. The van der Waals surface area contributed by atoms with Crippen molar-refractivity contribution < 1.29 is 0 Å². The Bertz CT molecular complexity index is 696. The van der Waals surface area contributed by atoms with Crippen LogP contribution in [0.25, 0.3) is 22.2 Å². The van der Waals surface area contributed by atoms with Crippen LogP contribution >= 0.6 is 11.6 Å². The fourth-order valence-electron chi connectivity index (χ4n) is 2.11. The Morgan fingerprint density at radius 1 is 1.29 bits per heavy atom. The first kappa shape index (κ1) is 10.2. The minimum Gasteiger partial charge on any atom is -0.382 e. The van der Waals surface area contributed by atoms with Gasteiger partial charge in [0.25, 0.3) is 0 Å². The topological polar surface area (TPSA) is 70.5 Å². The van der Waals surface area contributed by atoms with E-state index in [9.17, 15) is 0 Å². The van der Waals surface area contributed by atoms with Crippen molar-refractivity contribution in [3.8, 4) is 11.3 Å². The Kier molecular flexibility index (Phi) is 2.12. The summed E-state index contributed by atoms with van der Waals surface area (Å²) in [6, 6.07) is 7.59. The van der Waals surface area contributed by atoms with Gasteiger partial charge in [-0.25, -0.2) is 0 Å². The number of nitrogens with one attached hydrogen (secondary N) is 2. The largest absolute Gasteiger partial charge is 0.382 e. The molecule has 0 aliphatic heterocycles. The van der Waals surface area contributed by atoms with E-state index < -0.39 is 0 Å². The molecule has 4 nitrogen and oxygen atoms in total. The van der Waals surface area contributed by atoms with Crippen molar-refractivity contribution in [1.29, 1.82) is 0 Å². The molecule has 86 valence electrons. The average Bonchev–Trinajstić information content (AvgIpc) is 2.81. The highest BCUT2D eigenvalue weighted by Crippen LogP contribution is 2.32. The van der Waals surface area contributed by atoms with Gasteiger partial charge in [-0.1, -0.05) is 11.6 Å². The number of nitrogens with zero attached hydrogens (tertiary/aromatic N) is 1. The molecule has 4 N–H and O–H groups in total. The molecule has 0 fully saturated rings. The smallest absolute Gasteiger partial charge is 0.145 e. The van der Waals surface area contributed by atoms with Gasteiger partial charge in [0.2, 0.25) is 0 Å². The number of H-pyrrole nitrogens is 2. The van der Waals surface area contributed by atoms with Gasteiger partial charge in [0.05, 0.1) is 5.69 Å². The van der Waals surface area contributed by atoms with E-state index in [1.165, 1.54) is 0 Å². The summed E-state index contributed by atoms with van der Waals surface area (Å²) in [7, 11) is 0. The van der Waals surface area contributed by atoms with E-state index >= 15 is 0 Å². The molecule has 5 heteroatoms. The molecule has 0 aliphatic carbocycles. The molecule has 1 aromatic carbocycles. The van der Waals surface area contributed by atoms with E-state index in [0.29, 0.717) is 10.8 Å². The van der Waals surface area contributed by atoms with E-state index in [4.69, 9.17) is 17.3 Å². The van der Waals surface area contributed by atoms with Crippen molar-refractivity contribution in [1.82, 2.24) is 15.2 Å². The number of anilines is 1. The highest BCUT2D eigenvalue weighted by molar-refractivity contribution is 6.31. The van der Waals surface area contributed by atoms with Gasteiger partial charge in [-0.15, -0.1) is 0 Å². The number of rotatable bonds is 1. The maximum atomic E-state index is 6.03. The van der Waals surface area contributed by atoms with Crippen LogP contribution in [-0.4, -0.2) is 15.2 Å². The van der Waals surface area contributed by atoms with Gasteiger partial charge in [-0.05, 0) is 25.1 Å². The van der Waals surface area contributed by atoms with Crippen molar-refractivity contribution in [2.24, 2.45) is 0 Å². The Balaban J connectivity index is 2.34. The third-order valence-electron chi connectivity index (χ3n) is 2.82. The second kappa shape index (κ2) is 3.53. The minimum atomic E-state index is 0.482. The number of nitrogen functional groups attached to an aromatic ring is 1. The molecule has 2 heterocycles. The quantitative estimate of drug-likeness (QED) is 0.617. The number of aromatic amines is 2. The number of fused-ring (bicyclic) bond motifs is 1. The van der Waals surface area contributed by atoms with Crippen LogP contribution in [0, 0.1) is 6.92 Å². The molecule has 2 aromatic heterocycles. The van der Waals surface area contributed by atoms with E-state index in [1.807, 2.05) is 31.2 Å². The molecule has 0 spiro atoms. The van der Waals surface area contributed by atoms with Crippen molar-refractivity contribution in [2.75, 3.05) is 5.73 Å². The minimum absolute atomic E-state index is 0.482. The molecule has 0 amide bonds. The number of nitrogens with two attached hydrogens (primary N) is 1. The molecule has 0 saturated carbocycles. The molecular weight excluding hydrogens is 236 g/mol. The van der Waals surface area contributed by atoms with E-state index in [0.717, 1.165) is 27.9 Å². The van der Waals surface area contributed by atoms with Crippen molar-refractivity contribution in [3.05, 3.63) is 35.0 Å². The third-order valence-corrected chi connectivity index (χ3v) is 3.05. The molecule has 0 aliphatic rings. The number of aryl methyl sites for hydroxylation is 1. The molecule has 0 saturated heterocycles. The van der Waals surface area contributed by atoms with Gasteiger partial charge in [0, 0.05) is 33.2 Å². The SMILES string of the molecule is Cc1[nH]c2ccc(Cl)cc2c1-c1cc(N)n[nH]1. The first-order valence-electron chi connectivity index (χ1n) is 5.24. The van der Waals surface area contributed by atoms with Gasteiger partial charge >= 0.3 is 0 Å². The Hall–Kier alpha value is -1.94. The van der Waals surface area contributed by atoms with Crippen molar-refractivity contribution >= 4 is 28.3 Å². The number of aromatic nitrogens is 3. The Morgan fingerprint density at radius 2 is 2.12 bits per heavy atom. The summed E-state index contributed by atoms with van der Waals surface area (Å²) in [5.74, 6) is 0.482. The van der Waals surface area contributed by atoms with E-state index in [-0.39, 0.29) is 0 Å². The molecular formula is C12H11ClN4. The normalized spacial score (nSPS) is 11.2. The van der Waals surface area contributed by atoms with Crippen LogP contribution in [0.1, 0.15) is 5.69 Å². The van der Waals surface area contributed by atoms with Gasteiger partial charge in [0.1, 0.15) is 5.82 Å². The molecule has 3 rings (SSSR count). The third kappa shape index (κ3) is 1.57. The summed E-state index contributed by atoms with van der Waals surface area (Å²) in [6.45, 7) is 2.01. The van der Waals surface area contributed by atoms with Crippen LogP contribution in [0.4, 0.5) is 5.82 Å². The fraction of sp³-hybridized carbons (Fsp3) is 0.0833. The first-order valence-corrected chi connectivity index (χ1v) is 5.62. The highest BCUT2D eigenvalue weighted by atomic mass is 35.5. The van der Waals surface area contributed by atoms with Crippen LogP contribution in [-0.2, 0) is 0 Å². The standard InChI is InChI=1S/C12H11ClN4/c1-6-12(10-5-11(14)17-16-10)8-4-7(13)2-3-9(8)15-6/h2-5,15H,1H3,(H3,14,16,17). The number of benzene rings is 1. The summed E-state index contributed by atoms with van der Waals surface area (Å²) in [6.07, 6.45) is 0. The zero-order valence-corrected chi connectivity index (χ0v) is 9.97. The molecule has 0 unspecified atom stereocenters. The second-order valence-electron chi connectivity index (χ2n) is 4.02. The zero-order chi connectivity index (χ0) is 12.0. The van der Waals surface area contributed by atoms with E-state index in [2.05, 4.69) is 15.2 Å². The fourth-order valence-corrected chi connectivity index (χ4v) is 2.28. The van der Waals surface area contributed by atoms with Gasteiger partial charge < -0.3 is 10.7 Å². The maximum Gasteiger partial charge on any atom is 0.145 e. The predicted octanol–water partition coefficient (Wildman–Crippen LogP) is 3.10. The lowest BCUT2D eigenvalue weighted by atomic mass is 10.1. The van der Waals surface area contributed by atoms with Crippen LogP contribution in [0.3, 0.4) is 0 Å². The Morgan fingerprint density at radius 3 is 2.82 bits per heavy atom. The maximum absolute atomic E-state index is 6.03. The van der Waals surface area contributed by atoms with Crippen LogP contribution in [0.2, 0.25) is 5.02 Å². The van der Waals surface area contributed by atoms with Crippen LogP contribution in [0.5, 0.6) is 0 Å². The predicted molar refractivity (Wildman–Crippen MR) is 70.0 cm³/mol. The first-order chi connectivity index (χ1) is 8.15. The molecule has 0 atom stereocenters. The zero-order valence-electron chi connectivity index (χ0n) is 9.21. The van der Waals surface area contributed by atoms with Gasteiger partial charge in [-0.2, -0.15) is 5.10 Å². The average molecular weight is 247 g/mol. The van der Waals surface area contributed by atoms with E-state index in [1.54, 1.807) is 0 Å². The van der Waals surface area contributed by atoms with Crippen LogP contribution in [0.15, 0.2) is 24.3 Å². The molecule has 0 radical (unpaired) electrons. The Labute approximate surface area is 103 Å². The number of hydrogen-bond acceptors (Lipinski definition) is 2. The molecule has 3 aromatic rings. The molecule has 0 bridgehead atoms. The van der Waals surface area contributed by atoms with Crippen molar-refractivity contribution in [2.45, 2.75) is 6.92 Å². The van der Waals surface area contributed by atoms with Gasteiger partial charge in [-0.3, -0.25) is 5.10 Å². The second-order valence-corrected chi connectivity index (χ2v) is 4.46. The summed E-state index contributed by atoms with van der Waals surface area (Å²) < 4.78 is 0. The lowest BCUT2D eigenvalue weighted by Gasteiger charge is -1.97. The summed E-state index contributed by atoms with van der Waals surface area (Å²) in [5, 5.41) is 8.65. The van der Waals surface area contributed by atoms with Crippen molar-refractivity contribution in [3.63, 3.8) is 0 Å². The number of hydrogen-bond donors (Lipinski definition) is 3.